The number of rotatable bonds is 5. The molecule has 2 aliphatic heterocycles. The summed E-state index contributed by atoms with van der Waals surface area (Å²) >= 11 is 0. The third-order valence-electron chi connectivity index (χ3n) is 6.05. The van der Waals surface area contributed by atoms with Gasteiger partial charge in [0.15, 0.2) is 0 Å². The maximum Gasteiger partial charge on any atom is 0.416 e. The molecule has 6 nitrogen and oxygen atoms in total. The molecule has 3 amide bonds. The van der Waals surface area contributed by atoms with Crippen LogP contribution in [0, 0.1) is 0 Å². The van der Waals surface area contributed by atoms with Crippen molar-refractivity contribution in [3.63, 3.8) is 0 Å². The number of imide groups is 1. The Morgan fingerprint density at radius 2 is 1.93 bits per heavy atom. The quantitative estimate of drug-likeness (QED) is 0.679. The van der Waals surface area contributed by atoms with Crippen molar-refractivity contribution in [2.24, 2.45) is 0 Å². The van der Waals surface area contributed by atoms with Crippen LogP contribution in [0.3, 0.4) is 0 Å². The second-order valence-electron chi connectivity index (χ2n) is 7.81. The number of benzene rings is 1. The van der Waals surface area contributed by atoms with Crippen LogP contribution >= 0.6 is 0 Å². The number of likely N-dealkylation sites (N-methyl/N-ethyl adjacent to an activating group) is 1. The first kappa shape index (κ1) is 22.3. The Morgan fingerprint density at radius 1 is 1.27 bits per heavy atom. The van der Waals surface area contributed by atoms with Crippen LogP contribution < -0.4 is 0 Å². The van der Waals surface area contributed by atoms with Crippen molar-refractivity contribution in [1.82, 2.24) is 9.80 Å². The molecule has 164 valence electrons. The van der Waals surface area contributed by atoms with E-state index in [0.29, 0.717) is 26.1 Å². The molecule has 1 unspecified atom stereocenters. The summed E-state index contributed by atoms with van der Waals surface area (Å²) in [5, 5.41) is 0. The van der Waals surface area contributed by atoms with E-state index in [-0.39, 0.29) is 36.9 Å². The van der Waals surface area contributed by atoms with Crippen LogP contribution in [-0.2, 0) is 30.7 Å². The minimum Gasteiger partial charge on any atom is -0.381 e. The second kappa shape index (κ2) is 8.37. The lowest BCUT2D eigenvalue weighted by molar-refractivity contribution is -0.143. The average molecular weight is 426 g/mol. The topological polar surface area (TPSA) is 66.9 Å². The predicted molar refractivity (Wildman–Crippen MR) is 101 cm³/mol. The Kier molecular flexibility index (Phi) is 6.21. The van der Waals surface area contributed by atoms with Gasteiger partial charge in [0.25, 0.3) is 0 Å². The monoisotopic (exact) mass is 426 g/mol. The summed E-state index contributed by atoms with van der Waals surface area (Å²) in [7, 11) is 1.62. The molecule has 1 aromatic carbocycles. The zero-order valence-corrected chi connectivity index (χ0v) is 17.0. The number of ether oxygens (including phenoxy) is 1. The number of hydrogen-bond donors (Lipinski definition) is 0. The van der Waals surface area contributed by atoms with E-state index in [4.69, 9.17) is 4.74 Å². The van der Waals surface area contributed by atoms with Crippen LogP contribution in [0.1, 0.15) is 43.7 Å². The third kappa shape index (κ3) is 4.08. The first-order chi connectivity index (χ1) is 14.1. The van der Waals surface area contributed by atoms with E-state index in [1.54, 1.807) is 14.0 Å². The normalized spacial score (nSPS) is 23.2. The SMILES string of the molecule is CCN1C(=O)CC(CC(=O)N(C)C2CCOCC2)(c2cccc(C(F)(F)F)c2)C1=O. The summed E-state index contributed by atoms with van der Waals surface area (Å²) in [5.74, 6) is -1.48. The first-order valence-electron chi connectivity index (χ1n) is 9.96. The fraction of sp³-hybridized carbons (Fsp3) is 0.571. The number of alkyl halides is 3. The molecule has 1 aromatic rings. The highest BCUT2D eigenvalue weighted by molar-refractivity contribution is 6.10. The summed E-state index contributed by atoms with van der Waals surface area (Å²) in [5.41, 5.74) is -2.51. The molecule has 2 heterocycles. The number of hydrogen-bond acceptors (Lipinski definition) is 4. The fourth-order valence-corrected chi connectivity index (χ4v) is 4.24. The molecular formula is C21H25F3N2O4. The van der Waals surface area contributed by atoms with Crippen molar-refractivity contribution in [1.29, 1.82) is 0 Å². The zero-order chi connectivity index (χ0) is 22.1. The Labute approximate surface area is 173 Å². The summed E-state index contributed by atoms with van der Waals surface area (Å²) in [6, 6.07) is 4.32. The maximum absolute atomic E-state index is 13.3. The standard InChI is InChI=1S/C21H25F3N2O4/c1-3-26-18(28)13-20(19(26)29,14-5-4-6-15(11-14)21(22,23)24)12-17(27)25(2)16-7-9-30-10-8-16/h4-6,11,16H,3,7-10,12-13H2,1-2H3. The molecule has 0 N–H and O–H groups in total. The van der Waals surface area contributed by atoms with E-state index in [9.17, 15) is 27.6 Å². The minimum absolute atomic E-state index is 0.0420. The molecule has 0 spiro atoms. The summed E-state index contributed by atoms with van der Waals surface area (Å²) in [4.78, 5) is 41.3. The van der Waals surface area contributed by atoms with Gasteiger partial charge >= 0.3 is 6.18 Å². The predicted octanol–water partition coefficient (Wildman–Crippen LogP) is 2.75. The van der Waals surface area contributed by atoms with E-state index in [0.717, 1.165) is 17.0 Å². The van der Waals surface area contributed by atoms with Crippen LogP contribution in [0.4, 0.5) is 13.2 Å². The van der Waals surface area contributed by atoms with Crippen LogP contribution in [0.15, 0.2) is 24.3 Å². The van der Waals surface area contributed by atoms with Crippen molar-refractivity contribution < 1.29 is 32.3 Å². The summed E-state index contributed by atoms with van der Waals surface area (Å²) in [6.07, 6.45) is -3.99. The molecule has 0 radical (unpaired) electrons. The van der Waals surface area contributed by atoms with Gasteiger partial charge in [0.1, 0.15) is 0 Å². The van der Waals surface area contributed by atoms with Gasteiger partial charge < -0.3 is 9.64 Å². The lowest BCUT2D eigenvalue weighted by atomic mass is 9.75. The van der Waals surface area contributed by atoms with Gasteiger partial charge in [-0.25, -0.2) is 0 Å². The van der Waals surface area contributed by atoms with Gasteiger partial charge in [0.2, 0.25) is 17.7 Å². The Bertz CT molecular complexity index is 836. The van der Waals surface area contributed by atoms with E-state index in [1.807, 2.05) is 0 Å². The molecular weight excluding hydrogens is 401 g/mol. The highest BCUT2D eigenvalue weighted by atomic mass is 19.4. The van der Waals surface area contributed by atoms with Gasteiger partial charge in [-0.1, -0.05) is 18.2 Å². The van der Waals surface area contributed by atoms with E-state index in [2.05, 4.69) is 0 Å². The van der Waals surface area contributed by atoms with Crippen molar-refractivity contribution in [2.75, 3.05) is 26.8 Å². The number of nitrogens with zero attached hydrogens (tertiary/aromatic N) is 2. The van der Waals surface area contributed by atoms with Gasteiger partial charge in [-0.15, -0.1) is 0 Å². The van der Waals surface area contributed by atoms with Gasteiger partial charge in [-0.3, -0.25) is 19.3 Å². The number of likely N-dealkylation sites (tertiary alicyclic amines) is 1. The number of halogens is 3. The smallest absolute Gasteiger partial charge is 0.381 e. The van der Waals surface area contributed by atoms with Crippen molar-refractivity contribution in [3.05, 3.63) is 35.4 Å². The second-order valence-corrected chi connectivity index (χ2v) is 7.81. The Hall–Kier alpha value is -2.42. The molecule has 1 atom stereocenters. The van der Waals surface area contributed by atoms with Crippen molar-refractivity contribution in [3.8, 4) is 0 Å². The molecule has 2 saturated heterocycles. The molecule has 2 fully saturated rings. The average Bonchev–Trinajstić information content (AvgIpc) is 2.97. The van der Waals surface area contributed by atoms with Crippen LogP contribution in [0.5, 0.6) is 0 Å². The molecule has 0 aromatic heterocycles. The summed E-state index contributed by atoms with van der Waals surface area (Å²) in [6.45, 7) is 2.75. The molecule has 2 aliphatic rings. The number of amides is 3. The van der Waals surface area contributed by atoms with Crippen LogP contribution in [0.25, 0.3) is 0 Å². The molecule has 0 bridgehead atoms. The zero-order valence-electron chi connectivity index (χ0n) is 17.0. The van der Waals surface area contributed by atoms with Crippen LogP contribution in [-0.4, -0.2) is 60.4 Å². The van der Waals surface area contributed by atoms with Gasteiger partial charge in [0, 0.05) is 45.7 Å². The van der Waals surface area contributed by atoms with Crippen molar-refractivity contribution in [2.45, 2.75) is 50.2 Å². The minimum atomic E-state index is -4.60. The lowest BCUT2D eigenvalue weighted by Gasteiger charge is -2.34. The molecule has 0 saturated carbocycles. The maximum atomic E-state index is 13.3. The molecule has 3 rings (SSSR count). The number of carbonyl (C=O) groups is 3. The molecule has 9 heteroatoms. The molecule has 30 heavy (non-hydrogen) atoms. The van der Waals surface area contributed by atoms with E-state index in [1.165, 1.54) is 17.0 Å². The van der Waals surface area contributed by atoms with Crippen LogP contribution in [0.2, 0.25) is 0 Å². The van der Waals surface area contributed by atoms with Crippen molar-refractivity contribution >= 4 is 17.7 Å². The number of carbonyl (C=O) groups excluding carboxylic acids is 3. The fourth-order valence-electron chi connectivity index (χ4n) is 4.24. The first-order valence-corrected chi connectivity index (χ1v) is 9.96. The highest BCUT2D eigenvalue weighted by Gasteiger charge is 2.54. The Balaban J connectivity index is 1.99. The molecule has 0 aliphatic carbocycles. The van der Waals surface area contributed by atoms with Gasteiger partial charge in [-0.2, -0.15) is 13.2 Å². The van der Waals surface area contributed by atoms with E-state index < -0.39 is 29.0 Å². The van der Waals surface area contributed by atoms with Gasteiger partial charge in [0.05, 0.1) is 11.0 Å². The lowest BCUT2D eigenvalue weighted by Crippen LogP contribution is -2.46. The van der Waals surface area contributed by atoms with E-state index >= 15 is 0 Å². The third-order valence-corrected chi connectivity index (χ3v) is 6.05. The largest absolute Gasteiger partial charge is 0.416 e. The van der Waals surface area contributed by atoms with Gasteiger partial charge in [-0.05, 0) is 31.4 Å². The summed E-state index contributed by atoms with van der Waals surface area (Å²) < 4.78 is 45.1. The Morgan fingerprint density at radius 3 is 2.50 bits per heavy atom. The highest BCUT2D eigenvalue weighted by Crippen LogP contribution is 2.42.